The molecule has 0 saturated carbocycles. The lowest BCUT2D eigenvalue weighted by Gasteiger charge is -2.22. The van der Waals surface area contributed by atoms with Gasteiger partial charge in [-0.2, -0.15) is 0 Å². The highest BCUT2D eigenvalue weighted by atomic mass is 16.5. The Hall–Kier alpha value is -1.66. The van der Waals surface area contributed by atoms with Crippen molar-refractivity contribution in [1.82, 2.24) is 5.32 Å². The third-order valence-electron chi connectivity index (χ3n) is 13.7. The molecule has 3 N–H and O–H groups in total. The topological polar surface area (TPSA) is 95.9 Å². The second-order valence-corrected chi connectivity index (χ2v) is 20.3. The first-order valence-electron chi connectivity index (χ1n) is 29.6. The molecule has 0 spiro atoms. The van der Waals surface area contributed by atoms with E-state index in [0.717, 1.165) is 44.9 Å². The van der Waals surface area contributed by atoms with Gasteiger partial charge in [-0.05, 0) is 77.0 Å². The third-order valence-corrected chi connectivity index (χ3v) is 13.7. The maximum atomic E-state index is 12.4. The van der Waals surface area contributed by atoms with E-state index < -0.39 is 12.1 Å². The number of nitrogens with one attached hydrogen (secondary N) is 1. The largest absolute Gasteiger partial charge is 0.466 e. The van der Waals surface area contributed by atoms with Gasteiger partial charge < -0.3 is 20.3 Å². The molecule has 6 heteroatoms. The number of carbonyl (C=O) groups excluding carboxylic acids is 2. The van der Waals surface area contributed by atoms with Crippen LogP contribution in [-0.2, 0) is 14.3 Å². The zero-order chi connectivity index (χ0) is 47.9. The van der Waals surface area contributed by atoms with Crippen molar-refractivity contribution in [2.24, 2.45) is 0 Å². The molecule has 66 heavy (non-hydrogen) atoms. The van der Waals surface area contributed by atoms with Crippen LogP contribution in [-0.4, -0.2) is 47.4 Å². The fourth-order valence-corrected chi connectivity index (χ4v) is 9.16. The lowest BCUT2D eigenvalue weighted by atomic mass is 10.0. The van der Waals surface area contributed by atoms with E-state index in [-0.39, 0.29) is 18.5 Å². The zero-order valence-electron chi connectivity index (χ0n) is 44.4. The molecule has 0 aromatic heterocycles. The second-order valence-electron chi connectivity index (χ2n) is 20.3. The fourth-order valence-electron chi connectivity index (χ4n) is 9.16. The Bertz CT molecular complexity index is 1030. The number of amides is 1. The number of hydrogen-bond donors (Lipinski definition) is 3. The summed E-state index contributed by atoms with van der Waals surface area (Å²) in [6, 6.07) is -0.545. The van der Waals surface area contributed by atoms with Crippen LogP contribution >= 0.6 is 0 Å². The summed E-state index contributed by atoms with van der Waals surface area (Å²) in [7, 11) is 0. The smallest absolute Gasteiger partial charge is 0.305 e. The van der Waals surface area contributed by atoms with Gasteiger partial charge in [0, 0.05) is 12.8 Å². The summed E-state index contributed by atoms with van der Waals surface area (Å²) >= 11 is 0. The minimum Gasteiger partial charge on any atom is -0.466 e. The fraction of sp³-hybridized carbons (Fsp3) is 0.900. The lowest BCUT2D eigenvalue weighted by molar-refractivity contribution is -0.143. The van der Waals surface area contributed by atoms with Crippen LogP contribution < -0.4 is 5.32 Å². The van der Waals surface area contributed by atoms with Crippen LogP contribution in [0.4, 0.5) is 0 Å². The van der Waals surface area contributed by atoms with Crippen LogP contribution in [0.2, 0.25) is 0 Å². The third kappa shape index (κ3) is 51.7. The summed E-state index contributed by atoms with van der Waals surface area (Å²) in [5, 5.41) is 23.1. The normalized spacial score (nSPS) is 12.7. The Morgan fingerprint density at radius 1 is 0.409 bits per heavy atom. The molecule has 0 heterocycles. The first-order chi connectivity index (χ1) is 32.5. The molecule has 6 nitrogen and oxygen atoms in total. The van der Waals surface area contributed by atoms with E-state index in [1.807, 2.05) is 0 Å². The highest BCUT2D eigenvalue weighted by molar-refractivity contribution is 5.76. The van der Waals surface area contributed by atoms with Crippen molar-refractivity contribution in [3.05, 3.63) is 24.3 Å². The first kappa shape index (κ1) is 64.3. The van der Waals surface area contributed by atoms with Gasteiger partial charge in [0.15, 0.2) is 0 Å². The standard InChI is InChI=1S/C60H115NO5/c1-3-5-7-9-11-13-14-15-16-17-21-25-28-31-34-38-42-46-50-54-60(65)66-55-51-47-43-39-35-32-29-26-23-20-18-19-22-24-27-30-33-37-41-45-49-53-59(64)61-57(56-62)58(63)52-48-44-40-36-12-10-8-6-4-2/h15-16,19,22,57-58,62-63H,3-14,17-18,20-21,23-56H2,1-2H3,(H,61,64)/b16-15-,22-19-. The SMILES string of the molecule is CCCCCCCC/C=C\CCCCCCCCCCCC(=O)OCCCCCCCCCCCC/C=C\CCCCCCCCCC(=O)NC(CO)C(O)CCCCCCCCCCC. The Morgan fingerprint density at radius 2 is 0.712 bits per heavy atom. The molecule has 390 valence electrons. The predicted molar refractivity (Wildman–Crippen MR) is 287 cm³/mol. The summed E-state index contributed by atoms with van der Waals surface area (Å²) < 4.78 is 5.49. The van der Waals surface area contributed by atoms with Crippen molar-refractivity contribution < 1.29 is 24.5 Å². The van der Waals surface area contributed by atoms with E-state index >= 15 is 0 Å². The lowest BCUT2D eigenvalue weighted by Crippen LogP contribution is -2.45. The van der Waals surface area contributed by atoms with E-state index in [4.69, 9.17) is 4.74 Å². The Labute approximate surface area is 411 Å². The van der Waals surface area contributed by atoms with Gasteiger partial charge in [0.2, 0.25) is 5.91 Å². The van der Waals surface area contributed by atoms with Crippen LogP contribution in [0, 0.1) is 0 Å². The molecule has 0 rings (SSSR count). The number of esters is 1. The molecule has 2 atom stereocenters. The maximum Gasteiger partial charge on any atom is 0.305 e. The number of ether oxygens (including phenoxy) is 1. The summed E-state index contributed by atoms with van der Waals surface area (Å²) in [5.41, 5.74) is 0. The van der Waals surface area contributed by atoms with Crippen molar-refractivity contribution in [2.45, 2.75) is 334 Å². The van der Waals surface area contributed by atoms with E-state index in [1.54, 1.807) is 0 Å². The molecule has 0 saturated heterocycles. The monoisotopic (exact) mass is 930 g/mol. The highest BCUT2D eigenvalue weighted by Crippen LogP contribution is 2.17. The van der Waals surface area contributed by atoms with Crippen molar-refractivity contribution >= 4 is 11.9 Å². The molecule has 0 aliphatic rings. The predicted octanol–water partition coefficient (Wildman–Crippen LogP) is 18.2. The van der Waals surface area contributed by atoms with Gasteiger partial charge in [-0.1, -0.05) is 256 Å². The van der Waals surface area contributed by atoms with Crippen LogP contribution in [0.3, 0.4) is 0 Å². The van der Waals surface area contributed by atoms with E-state index in [9.17, 15) is 19.8 Å². The number of unbranched alkanes of at least 4 members (excludes halogenated alkanes) is 40. The van der Waals surface area contributed by atoms with Gasteiger partial charge in [0.05, 0.1) is 25.4 Å². The van der Waals surface area contributed by atoms with Crippen LogP contribution in [0.15, 0.2) is 24.3 Å². The van der Waals surface area contributed by atoms with Crippen molar-refractivity contribution in [3.8, 4) is 0 Å². The molecule has 0 aliphatic heterocycles. The summed E-state index contributed by atoms with van der Waals surface area (Å²) in [6.07, 6.45) is 67.6. The van der Waals surface area contributed by atoms with Crippen molar-refractivity contribution in [2.75, 3.05) is 13.2 Å². The minimum absolute atomic E-state index is 0.00780. The zero-order valence-corrected chi connectivity index (χ0v) is 44.4. The number of aliphatic hydroxyl groups excluding tert-OH is 2. The van der Waals surface area contributed by atoms with Gasteiger partial charge in [-0.25, -0.2) is 0 Å². The van der Waals surface area contributed by atoms with Crippen LogP contribution in [0.25, 0.3) is 0 Å². The van der Waals surface area contributed by atoms with Gasteiger partial charge in [0.1, 0.15) is 0 Å². The van der Waals surface area contributed by atoms with Gasteiger partial charge in [-0.3, -0.25) is 9.59 Å². The summed E-state index contributed by atoms with van der Waals surface area (Å²) in [6.45, 7) is 4.93. The van der Waals surface area contributed by atoms with Crippen molar-refractivity contribution in [1.29, 1.82) is 0 Å². The molecular formula is C60H115NO5. The number of aliphatic hydroxyl groups is 2. The Balaban J connectivity index is 3.37. The van der Waals surface area contributed by atoms with E-state index in [2.05, 4.69) is 43.5 Å². The number of allylic oxidation sites excluding steroid dienone is 4. The minimum atomic E-state index is -0.666. The quantitative estimate of drug-likeness (QED) is 0.0321. The number of carbonyl (C=O) groups is 2. The number of hydrogen-bond acceptors (Lipinski definition) is 5. The average molecular weight is 931 g/mol. The average Bonchev–Trinajstić information content (AvgIpc) is 3.32. The van der Waals surface area contributed by atoms with Gasteiger partial charge in [-0.15, -0.1) is 0 Å². The molecule has 0 aromatic carbocycles. The van der Waals surface area contributed by atoms with Gasteiger partial charge >= 0.3 is 5.97 Å². The second kappa shape index (κ2) is 55.9. The van der Waals surface area contributed by atoms with Crippen LogP contribution in [0.5, 0.6) is 0 Å². The van der Waals surface area contributed by atoms with Crippen LogP contribution in [0.1, 0.15) is 322 Å². The molecule has 0 fully saturated rings. The molecule has 0 aliphatic carbocycles. The highest BCUT2D eigenvalue weighted by Gasteiger charge is 2.20. The first-order valence-corrected chi connectivity index (χ1v) is 29.6. The summed E-state index contributed by atoms with van der Waals surface area (Å²) in [5.74, 6) is -0.0369. The maximum absolute atomic E-state index is 12.4. The van der Waals surface area contributed by atoms with E-state index in [1.165, 1.54) is 244 Å². The molecule has 0 bridgehead atoms. The van der Waals surface area contributed by atoms with E-state index in [0.29, 0.717) is 25.9 Å². The molecule has 1 amide bonds. The van der Waals surface area contributed by atoms with Gasteiger partial charge in [0.25, 0.3) is 0 Å². The summed E-state index contributed by atoms with van der Waals surface area (Å²) in [4.78, 5) is 24.5. The molecular weight excluding hydrogens is 815 g/mol. The number of rotatable bonds is 55. The Kier molecular flexibility index (Phi) is 54.5. The Morgan fingerprint density at radius 3 is 1.08 bits per heavy atom. The molecule has 0 radical (unpaired) electrons. The molecule has 2 unspecified atom stereocenters. The van der Waals surface area contributed by atoms with Crippen molar-refractivity contribution in [3.63, 3.8) is 0 Å². The molecule has 0 aromatic rings.